The summed E-state index contributed by atoms with van der Waals surface area (Å²) in [5.41, 5.74) is -1.13. The first kappa shape index (κ1) is 35.4. The number of carbonyl (C=O) groups excluding carboxylic acids is 2. The van der Waals surface area contributed by atoms with Crippen molar-refractivity contribution in [2.75, 3.05) is 6.54 Å². The molecule has 1 atom stereocenters. The van der Waals surface area contributed by atoms with Crippen LogP contribution in [0.5, 0.6) is 0 Å². The highest BCUT2D eigenvalue weighted by Gasteiger charge is 2.38. The standard InChI is InChI=1S/C26H22F12N2O3/c27-23(28,29)16-8-14(9-17(12-16)24(30,31)32)2-1-7-40-21(41)5-6-22(42)43-20(39)4-3-15-10-18(25(33,34)35)13-19(11-15)26(36,37)38/h5-6,8-13,20H,1-4,7,39H2,(H,40,41)/b6-5-. The van der Waals surface area contributed by atoms with Crippen LogP contribution < -0.4 is 11.1 Å². The summed E-state index contributed by atoms with van der Waals surface area (Å²) in [5, 5.41) is 2.24. The fourth-order valence-electron chi connectivity index (χ4n) is 3.59. The number of alkyl halides is 12. The van der Waals surface area contributed by atoms with E-state index in [0.717, 1.165) is 0 Å². The average molecular weight is 638 g/mol. The maximum absolute atomic E-state index is 13.0. The number of rotatable bonds is 10. The van der Waals surface area contributed by atoms with Gasteiger partial charge in [-0.2, -0.15) is 52.7 Å². The number of nitrogens with two attached hydrogens (primary N) is 1. The van der Waals surface area contributed by atoms with Crippen LogP contribution in [-0.2, 0) is 51.9 Å². The maximum Gasteiger partial charge on any atom is 0.416 e. The number of nitrogens with one attached hydrogen (secondary N) is 1. The number of esters is 1. The molecule has 0 heterocycles. The first-order valence-electron chi connectivity index (χ1n) is 12.0. The first-order valence-corrected chi connectivity index (χ1v) is 12.0. The number of carbonyl (C=O) groups is 2. The molecule has 0 bridgehead atoms. The molecule has 3 N–H and O–H groups in total. The molecule has 0 saturated heterocycles. The summed E-state index contributed by atoms with van der Waals surface area (Å²) in [6, 6.07) is 2.04. The first-order chi connectivity index (χ1) is 19.6. The van der Waals surface area contributed by atoms with Gasteiger partial charge < -0.3 is 10.1 Å². The molecule has 0 radical (unpaired) electrons. The van der Waals surface area contributed by atoms with Gasteiger partial charge in [0.15, 0.2) is 6.23 Å². The van der Waals surface area contributed by atoms with Gasteiger partial charge in [-0.15, -0.1) is 0 Å². The van der Waals surface area contributed by atoms with E-state index < -0.39 is 71.5 Å². The third kappa shape index (κ3) is 11.8. The number of halogens is 12. The van der Waals surface area contributed by atoms with Crippen molar-refractivity contribution < 1.29 is 67.0 Å². The van der Waals surface area contributed by atoms with Gasteiger partial charge in [-0.3, -0.25) is 10.5 Å². The Bertz CT molecular complexity index is 1250. The smallest absolute Gasteiger partial charge is 0.416 e. The Morgan fingerprint density at radius 2 is 1.07 bits per heavy atom. The molecule has 0 fully saturated rings. The minimum absolute atomic E-state index is 0.0178. The van der Waals surface area contributed by atoms with Crippen LogP contribution in [-0.4, -0.2) is 24.6 Å². The Kier molecular flexibility index (Phi) is 11.3. The molecule has 1 unspecified atom stereocenters. The van der Waals surface area contributed by atoms with Crippen molar-refractivity contribution in [2.45, 2.75) is 56.6 Å². The number of amides is 1. The Hall–Kier alpha value is -3.76. The normalized spacial score (nSPS) is 13.7. The molecule has 43 heavy (non-hydrogen) atoms. The number of benzene rings is 2. The number of hydrogen-bond donors (Lipinski definition) is 2. The molecular weight excluding hydrogens is 616 g/mol. The zero-order chi connectivity index (χ0) is 32.8. The highest BCUT2D eigenvalue weighted by Crippen LogP contribution is 2.38. The lowest BCUT2D eigenvalue weighted by molar-refractivity contribution is -0.144. The molecule has 1 amide bonds. The third-order valence-corrected chi connectivity index (χ3v) is 5.59. The van der Waals surface area contributed by atoms with E-state index in [2.05, 4.69) is 5.32 Å². The van der Waals surface area contributed by atoms with Crippen molar-refractivity contribution in [1.82, 2.24) is 5.32 Å². The molecule has 0 aliphatic heterocycles. The molecule has 2 rings (SSSR count). The fraction of sp³-hybridized carbons (Fsp3) is 0.385. The van der Waals surface area contributed by atoms with E-state index in [0.29, 0.717) is 36.4 Å². The van der Waals surface area contributed by atoms with Gasteiger partial charge in [-0.1, -0.05) is 0 Å². The molecule has 0 aliphatic carbocycles. The molecule has 0 saturated carbocycles. The lowest BCUT2D eigenvalue weighted by Crippen LogP contribution is -2.27. The van der Waals surface area contributed by atoms with Crippen molar-refractivity contribution in [1.29, 1.82) is 0 Å². The van der Waals surface area contributed by atoms with Crippen LogP contribution in [0.15, 0.2) is 48.6 Å². The highest BCUT2D eigenvalue weighted by atomic mass is 19.4. The van der Waals surface area contributed by atoms with Crippen molar-refractivity contribution >= 4 is 11.9 Å². The van der Waals surface area contributed by atoms with Crippen LogP contribution >= 0.6 is 0 Å². The van der Waals surface area contributed by atoms with Crippen LogP contribution in [0, 0.1) is 0 Å². The summed E-state index contributed by atoms with van der Waals surface area (Å²) in [5.74, 6) is -2.08. The Labute approximate surface area is 235 Å². The monoisotopic (exact) mass is 638 g/mol. The van der Waals surface area contributed by atoms with Crippen molar-refractivity contribution in [2.24, 2.45) is 5.73 Å². The quantitative estimate of drug-likeness (QED) is 0.0984. The van der Waals surface area contributed by atoms with Crippen molar-refractivity contribution in [3.63, 3.8) is 0 Å². The van der Waals surface area contributed by atoms with Crippen LogP contribution in [0.4, 0.5) is 52.7 Å². The van der Waals surface area contributed by atoms with Crippen LogP contribution in [0.3, 0.4) is 0 Å². The summed E-state index contributed by atoms with van der Waals surface area (Å²) < 4.78 is 160. The summed E-state index contributed by atoms with van der Waals surface area (Å²) >= 11 is 0. The van der Waals surface area contributed by atoms with E-state index in [1.165, 1.54) is 0 Å². The molecule has 17 heteroatoms. The number of ether oxygens (including phenoxy) is 1. The fourth-order valence-corrected chi connectivity index (χ4v) is 3.59. The summed E-state index contributed by atoms with van der Waals surface area (Å²) in [6.45, 7) is -0.202. The predicted molar refractivity (Wildman–Crippen MR) is 126 cm³/mol. The summed E-state index contributed by atoms with van der Waals surface area (Å²) in [6.07, 6.45) is -21.5. The zero-order valence-corrected chi connectivity index (χ0v) is 21.6. The Morgan fingerprint density at radius 1 is 0.674 bits per heavy atom. The minimum Gasteiger partial charge on any atom is -0.444 e. The molecular formula is C26H22F12N2O3. The minimum atomic E-state index is -5.05. The molecule has 2 aromatic carbocycles. The van der Waals surface area contributed by atoms with Gasteiger partial charge in [0.2, 0.25) is 5.91 Å². The molecule has 5 nitrogen and oxygen atoms in total. The summed E-state index contributed by atoms with van der Waals surface area (Å²) in [7, 11) is 0. The van der Waals surface area contributed by atoms with Crippen LogP contribution in [0.2, 0.25) is 0 Å². The van der Waals surface area contributed by atoms with E-state index in [4.69, 9.17) is 10.5 Å². The number of aryl methyl sites for hydroxylation is 2. The Morgan fingerprint density at radius 3 is 1.47 bits per heavy atom. The zero-order valence-electron chi connectivity index (χ0n) is 21.6. The van der Waals surface area contributed by atoms with Gasteiger partial charge >= 0.3 is 30.7 Å². The van der Waals surface area contributed by atoms with E-state index in [1.54, 1.807) is 0 Å². The van der Waals surface area contributed by atoms with Gasteiger partial charge in [0, 0.05) is 25.1 Å². The van der Waals surface area contributed by atoms with Gasteiger partial charge in [-0.05, 0) is 66.8 Å². The van der Waals surface area contributed by atoms with Gasteiger partial charge in [0.1, 0.15) is 0 Å². The van der Waals surface area contributed by atoms with E-state index in [1.807, 2.05) is 0 Å². The Balaban J connectivity index is 1.86. The molecule has 0 spiro atoms. The lowest BCUT2D eigenvalue weighted by atomic mass is 10.0. The molecule has 0 aliphatic rings. The van der Waals surface area contributed by atoms with Crippen LogP contribution in [0.1, 0.15) is 46.2 Å². The topological polar surface area (TPSA) is 81.4 Å². The maximum atomic E-state index is 13.0. The number of hydrogen-bond acceptors (Lipinski definition) is 4. The van der Waals surface area contributed by atoms with Crippen molar-refractivity contribution in [3.8, 4) is 0 Å². The van der Waals surface area contributed by atoms with E-state index in [9.17, 15) is 62.3 Å². The SMILES string of the molecule is NC(CCc1cc(C(F)(F)F)cc(C(F)(F)F)c1)OC(=O)/C=C\C(=O)NCCCc1cc(C(F)(F)F)cc(C(F)(F)F)c1. The van der Waals surface area contributed by atoms with Crippen LogP contribution in [0.25, 0.3) is 0 Å². The highest BCUT2D eigenvalue weighted by molar-refractivity contribution is 5.94. The molecule has 238 valence electrons. The largest absolute Gasteiger partial charge is 0.444 e. The van der Waals surface area contributed by atoms with E-state index >= 15 is 0 Å². The van der Waals surface area contributed by atoms with Gasteiger partial charge in [0.25, 0.3) is 0 Å². The average Bonchev–Trinajstić information content (AvgIpc) is 2.86. The van der Waals surface area contributed by atoms with Crippen molar-refractivity contribution in [3.05, 3.63) is 81.9 Å². The second-order valence-electron chi connectivity index (χ2n) is 9.07. The third-order valence-electron chi connectivity index (χ3n) is 5.59. The lowest BCUT2D eigenvalue weighted by Gasteiger charge is -2.16. The second-order valence-corrected chi connectivity index (χ2v) is 9.07. The molecule has 2 aromatic rings. The second kappa shape index (κ2) is 13.7. The van der Waals surface area contributed by atoms with Gasteiger partial charge in [-0.25, -0.2) is 4.79 Å². The van der Waals surface area contributed by atoms with Gasteiger partial charge in [0.05, 0.1) is 22.3 Å². The molecule has 0 aromatic heterocycles. The predicted octanol–water partition coefficient (Wildman–Crippen LogP) is 6.83. The van der Waals surface area contributed by atoms with E-state index in [-0.39, 0.29) is 49.1 Å². The summed E-state index contributed by atoms with van der Waals surface area (Å²) in [4.78, 5) is 23.7.